The van der Waals surface area contributed by atoms with Crippen molar-refractivity contribution in [2.24, 2.45) is 0 Å². The van der Waals surface area contributed by atoms with Crippen molar-refractivity contribution in [3.05, 3.63) is 80.0 Å². The van der Waals surface area contributed by atoms with Gasteiger partial charge in [-0.15, -0.1) is 0 Å². The molecule has 0 aliphatic heterocycles. The normalized spacial score (nSPS) is 12.8. The Hall–Kier alpha value is -2.61. The fourth-order valence-corrected chi connectivity index (χ4v) is 3.55. The number of aryl methyl sites for hydroxylation is 1. The van der Waals surface area contributed by atoms with Crippen molar-refractivity contribution in [3.8, 4) is 0 Å². The molecule has 152 valence electrons. The molecular weight excluding hydrogens is 449 g/mol. The number of aromatic nitrogens is 1. The second-order valence-corrected chi connectivity index (χ2v) is 7.55. The lowest BCUT2D eigenvalue weighted by Gasteiger charge is -2.17. The number of carbonyl (C=O) groups excluding carboxylic acids is 1. The highest BCUT2D eigenvalue weighted by molar-refractivity contribution is 9.10. The lowest BCUT2D eigenvalue weighted by molar-refractivity contribution is -0.137. The second kappa shape index (κ2) is 8.02. The number of halogens is 4. The molecule has 0 saturated carbocycles. The highest BCUT2D eigenvalue weighted by Gasteiger charge is 2.31. The SMILES string of the molecule is CCn1cc(C(=O)N[C@H](C)c2cccc(Br)c2)c(=O)c2cc(C(F)(F)F)ccc21. The van der Waals surface area contributed by atoms with Crippen molar-refractivity contribution < 1.29 is 18.0 Å². The molecule has 29 heavy (non-hydrogen) atoms. The number of amides is 1. The molecule has 0 aliphatic rings. The van der Waals surface area contributed by atoms with Crippen molar-refractivity contribution >= 4 is 32.7 Å². The van der Waals surface area contributed by atoms with Crippen LogP contribution in [-0.4, -0.2) is 10.5 Å². The van der Waals surface area contributed by atoms with Crippen LogP contribution >= 0.6 is 15.9 Å². The van der Waals surface area contributed by atoms with E-state index in [9.17, 15) is 22.8 Å². The molecule has 0 fully saturated rings. The molecule has 0 aliphatic carbocycles. The first-order valence-corrected chi connectivity index (χ1v) is 9.72. The van der Waals surface area contributed by atoms with Gasteiger partial charge in [0.25, 0.3) is 5.91 Å². The first kappa shape index (κ1) is 21.1. The molecule has 8 heteroatoms. The third-order valence-corrected chi connectivity index (χ3v) is 5.18. The molecule has 1 atom stereocenters. The van der Waals surface area contributed by atoms with Gasteiger partial charge in [-0.3, -0.25) is 9.59 Å². The lowest BCUT2D eigenvalue weighted by Crippen LogP contribution is -2.32. The van der Waals surface area contributed by atoms with Crippen molar-refractivity contribution in [1.29, 1.82) is 0 Å². The number of fused-ring (bicyclic) bond motifs is 1. The minimum atomic E-state index is -4.58. The second-order valence-electron chi connectivity index (χ2n) is 6.64. The summed E-state index contributed by atoms with van der Waals surface area (Å²) in [6.07, 6.45) is -3.19. The van der Waals surface area contributed by atoms with Gasteiger partial charge in [-0.1, -0.05) is 28.1 Å². The zero-order chi connectivity index (χ0) is 21.3. The maximum atomic E-state index is 13.1. The van der Waals surface area contributed by atoms with E-state index in [0.29, 0.717) is 12.1 Å². The molecule has 3 aromatic rings. The minimum Gasteiger partial charge on any atom is -0.347 e. The van der Waals surface area contributed by atoms with Crippen LogP contribution < -0.4 is 10.7 Å². The maximum Gasteiger partial charge on any atom is 0.416 e. The molecule has 0 spiro atoms. The van der Waals surface area contributed by atoms with Crippen LogP contribution in [0.2, 0.25) is 0 Å². The van der Waals surface area contributed by atoms with Crippen molar-refractivity contribution in [1.82, 2.24) is 9.88 Å². The monoisotopic (exact) mass is 466 g/mol. The van der Waals surface area contributed by atoms with E-state index in [2.05, 4.69) is 21.2 Å². The van der Waals surface area contributed by atoms with Gasteiger partial charge in [0.1, 0.15) is 5.56 Å². The third kappa shape index (κ3) is 4.37. The third-order valence-electron chi connectivity index (χ3n) is 4.69. The van der Waals surface area contributed by atoms with E-state index in [1.54, 1.807) is 18.4 Å². The molecular formula is C21H18BrF3N2O2. The van der Waals surface area contributed by atoms with Gasteiger partial charge in [-0.25, -0.2) is 0 Å². The summed E-state index contributed by atoms with van der Waals surface area (Å²) in [5.74, 6) is -0.635. The molecule has 0 unspecified atom stereocenters. The summed E-state index contributed by atoms with van der Waals surface area (Å²) in [6.45, 7) is 3.94. The predicted molar refractivity (Wildman–Crippen MR) is 109 cm³/mol. The van der Waals surface area contributed by atoms with Crippen LogP contribution in [0.5, 0.6) is 0 Å². The number of nitrogens with one attached hydrogen (secondary N) is 1. The molecule has 2 aromatic carbocycles. The molecule has 4 nitrogen and oxygen atoms in total. The van der Waals surface area contributed by atoms with Gasteiger partial charge in [0.05, 0.1) is 17.1 Å². The largest absolute Gasteiger partial charge is 0.416 e. The molecule has 1 aromatic heterocycles. The van der Waals surface area contributed by atoms with E-state index in [4.69, 9.17) is 0 Å². The standard InChI is InChI=1S/C21H18BrF3N2O2/c1-3-27-11-17(20(29)26-12(2)13-5-4-6-15(22)9-13)19(28)16-10-14(21(23,24)25)7-8-18(16)27/h4-12H,3H2,1-2H3,(H,26,29)/t12-/m1/s1. The fourth-order valence-electron chi connectivity index (χ4n) is 3.13. The molecule has 1 heterocycles. The average molecular weight is 467 g/mol. The number of benzene rings is 2. The van der Waals surface area contributed by atoms with Crippen LogP contribution in [0.1, 0.15) is 41.4 Å². The van der Waals surface area contributed by atoms with E-state index in [1.165, 1.54) is 12.3 Å². The topological polar surface area (TPSA) is 51.1 Å². The first-order chi connectivity index (χ1) is 13.6. The van der Waals surface area contributed by atoms with Crippen LogP contribution in [0.15, 0.2) is 57.9 Å². The van der Waals surface area contributed by atoms with E-state index in [-0.39, 0.29) is 10.9 Å². The minimum absolute atomic E-state index is 0.135. The number of hydrogen-bond acceptors (Lipinski definition) is 2. The Labute approximate surface area is 173 Å². The van der Waals surface area contributed by atoms with Crippen molar-refractivity contribution in [2.75, 3.05) is 0 Å². The van der Waals surface area contributed by atoms with Crippen molar-refractivity contribution in [3.63, 3.8) is 0 Å². The van der Waals surface area contributed by atoms with Crippen LogP contribution in [-0.2, 0) is 12.7 Å². The van der Waals surface area contributed by atoms with E-state index in [1.807, 2.05) is 24.3 Å². The summed E-state index contributed by atoms with van der Waals surface area (Å²) < 4.78 is 41.7. The van der Waals surface area contributed by atoms with Gasteiger partial charge in [-0.2, -0.15) is 13.2 Å². The van der Waals surface area contributed by atoms with Gasteiger partial charge < -0.3 is 9.88 Å². The summed E-state index contributed by atoms with van der Waals surface area (Å²) in [6, 6.07) is 9.93. The maximum absolute atomic E-state index is 13.1. The summed E-state index contributed by atoms with van der Waals surface area (Å²) in [7, 11) is 0. The molecule has 3 rings (SSSR count). The Kier molecular flexibility index (Phi) is 5.84. The van der Waals surface area contributed by atoms with Gasteiger partial charge in [0.2, 0.25) is 5.43 Å². The quantitative estimate of drug-likeness (QED) is 0.567. The summed E-state index contributed by atoms with van der Waals surface area (Å²) in [5, 5.41) is 2.61. The fraction of sp³-hybridized carbons (Fsp3) is 0.238. The Morgan fingerprint density at radius 3 is 2.55 bits per heavy atom. The number of alkyl halides is 3. The van der Waals surface area contributed by atoms with Gasteiger partial charge >= 0.3 is 6.18 Å². The number of rotatable bonds is 4. The highest BCUT2D eigenvalue weighted by Crippen LogP contribution is 2.31. The number of carbonyl (C=O) groups is 1. The Balaban J connectivity index is 2.05. The van der Waals surface area contributed by atoms with Crippen LogP contribution in [0.3, 0.4) is 0 Å². The smallest absolute Gasteiger partial charge is 0.347 e. The summed E-state index contributed by atoms with van der Waals surface area (Å²) in [4.78, 5) is 25.6. The summed E-state index contributed by atoms with van der Waals surface area (Å²) in [5.41, 5.74) is -0.675. The first-order valence-electron chi connectivity index (χ1n) is 8.92. The molecule has 0 bridgehead atoms. The van der Waals surface area contributed by atoms with Gasteiger partial charge in [0.15, 0.2) is 0 Å². The Morgan fingerprint density at radius 1 is 1.21 bits per heavy atom. The average Bonchev–Trinajstić information content (AvgIpc) is 2.67. The van der Waals surface area contributed by atoms with E-state index < -0.39 is 29.1 Å². The van der Waals surface area contributed by atoms with Crippen LogP contribution in [0.4, 0.5) is 13.2 Å². The van der Waals surface area contributed by atoms with Crippen LogP contribution in [0, 0.1) is 0 Å². The van der Waals surface area contributed by atoms with Crippen molar-refractivity contribution in [2.45, 2.75) is 32.6 Å². The van der Waals surface area contributed by atoms with Crippen LogP contribution in [0.25, 0.3) is 10.9 Å². The molecule has 0 radical (unpaired) electrons. The zero-order valence-electron chi connectivity index (χ0n) is 15.7. The zero-order valence-corrected chi connectivity index (χ0v) is 17.3. The number of hydrogen-bond donors (Lipinski definition) is 1. The van der Waals surface area contributed by atoms with E-state index >= 15 is 0 Å². The predicted octanol–water partition coefficient (Wildman–Crippen LogP) is 5.29. The molecule has 0 saturated heterocycles. The summed E-state index contributed by atoms with van der Waals surface area (Å²) >= 11 is 3.36. The van der Waals surface area contributed by atoms with Gasteiger partial charge in [0, 0.05) is 22.6 Å². The highest BCUT2D eigenvalue weighted by atomic mass is 79.9. The molecule has 1 N–H and O–H groups in total. The Bertz CT molecular complexity index is 1140. The lowest BCUT2D eigenvalue weighted by atomic mass is 10.1. The van der Waals surface area contributed by atoms with Gasteiger partial charge in [-0.05, 0) is 49.7 Å². The molecule has 1 amide bonds. The van der Waals surface area contributed by atoms with E-state index in [0.717, 1.165) is 22.2 Å². The number of nitrogens with zero attached hydrogens (tertiary/aromatic N) is 1. The number of pyridine rings is 1. The Morgan fingerprint density at radius 2 is 1.93 bits per heavy atom.